The second-order valence-corrected chi connectivity index (χ2v) is 10.0. The van der Waals surface area contributed by atoms with Crippen LogP contribution in [-0.2, 0) is 21.2 Å². The summed E-state index contributed by atoms with van der Waals surface area (Å²) >= 11 is 0. The van der Waals surface area contributed by atoms with Gasteiger partial charge in [-0.2, -0.15) is 4.72 Å². The number of hydrogen-bond acceptors (Lipinski definition) is 4. The molecule has 1 aliphatic heterocycles. The number of nitrogens with one attached hydrogen (secondary N) is 1. The molecule has 1 heterocycles. The molecule has 3 aromatic carbocycles. The molecule has 172 valence electrons. The van der Waals surface area contributed by atoms with Gasteiger partial charge in [-0.15, -0.1) is 0 Å². The molecule has 0 saturated carbocycles. The van der Waals surface area contributed by atoms with Crippen LogP contribution < -0.4 is 9.62 Å². The number of aryl methyl sites for hydroxylation is 1. The largest absolute Gasteiger partial charge is 0.368 e. The highest BCUT2D eigenvalue weighted by Crippen LogP contribution is 2.18. The normalized spacial score (nSPS) is 15.3. The molecular weight excluding hydrogens is 434 g/mol. The van der Waals surface area contributed by atoms with Gasteiger partial charge in [0.2, 0.25) is 15.9 Å². The van der Waals surface area contributed by atoms with Crippen LogP contribution in [-0.4, -0.2) is 51.4 Å². The molecule has 1 saturated heterocycles. The molecule has 6 nitrogen and oxygen atoms in total. The maximum atomic E-state index is 13.5. The molecular formula is C26H29N3O3S. The van der Waals surface area contributed by atoms with Gasteiger partial charge in [-0.25, -0.2) is 8.42 Å². The quantitative estimate of drug-likeness (QED) is 0.584. The number of amides is 1. The highest BCUT2D eigenvalue weighted by atomic mass is 32.2. The first kappa shape index (κ1) is 23.0. The maximum absolute atomic E-state index is 13.5. The lowest BCUT2D eigenvalue weighted by atomic mass is 10.1. The molecule has 0 spiro atoms. The Labute approximate surface area is 195 Å². The van der Waals surface area contributed by atoms with Crippen molar-refractivity contribution in [3.8, 4) is 0 Å². The van der Waals surface area contributed by atoms with Gasteiger partial charge in [0.05, 0.1) is 4.90 Å². The first-order chi connectivity index (χ1) is 15.9. The second kappa shape index (κ2) is 10.2. The molecule has 33 heavy (non-hydrogen) atoms. The summed E-state index contributed by atoms with van der Waals surface area (Å²) in [4.78, 5) is 17.7. The fourth-order valence-corrected chi connectivity index (χ4v) is 5.24. The molecule has 0 aromatic heterocycles. The van der Waals surface area contributed by atoms with E-state index in [1.807, 2.05) is 55.5 Å². The average molecular weight is 464 g/mol. The molecule has 1 aliphatic rings. The van der Waals surface area contributed by atoms with Gasteiger partial charge in [0.1, 0.15) is 6.04 Å². The summed E-state index contributed by atoms with van der Waals surface area (Å²) in [7, 11) is -3.84. The fraction of sp³-hybridized carbons (Fsp3) is 0.269. The van der Waals surface area contributed by atoms with Crippen molar-refractivity contribution >= 4 is 21.6 Å². The number of benzene rings is 3. The van der Waals surface area contributed by atoms with Gasteiger partial charge in [-0.3, -0.25) is 4.79 Å². The molecule has 1 amide bonds. The number of carbonyl (C=O) groups is 1. The number of nitrogens with zero attached hydrogens (tertiary/aromatic N) is 2. The highest BCUT2D eigenvalue weighted by Gasteiger charge is 2.31. The second-order valence-electron chi connectivity index (χ2n) is 8.32. The molecule has 0 radical (unpaired) electrons. The van der Waals surface area contributed by atoms with E-state index >= 15 is 0 Å². The number of sulfonamides is 1. The van der Waals surface area contributed by atoms with E-state index < -0.39 is 16.1 Å². The SMILES string of the molecule is Cc1ccc(S(=O)(=O)N[C@@H](Cc2ccccc2)C(=O)N2CCN(c3ccccc3)CC2)cc1. The van der Waals surface area contributed by atoms with Crippen molar-refractivity contribution in [2.24, 2.45) is 0 Å². The fourth-order valence-electron chi connectivity index (χ4n) is 4.05. The van der Waals surface area contributed by atoms with Crippen molar-refractivity contribution in [1.29, 1.82) is 0 Å². The Balaban J connectivity index is 1.50. The topological polar surface area (TPSA) is 69.7 Å². The van der Waals surface area contributed by atoms with E-state index in [2.05, 4.69) is 21.8 Å². The maximum Gasteiger partial charge on any atom is 0.241 e. The Hall–Kier alpha value is -3.16. The van der Waals surface area contributed by atoms with E-state index in [0.29, 0.717) is 32.6 Å². The van der Waals surface area contributed by atoms with E-state index in [4.69, 9.17) is 0 Å². The Bertz CT molecular complexity index is 1160. The van der Waals surface area contributed by atoms with Crippen LogP contribution in [0.25, 0.3) is 0 Å². The number of anilines is 1. The highest BCUT2D eigenvalue weighted by molar-refractivity contribution is 7.89. The summed E-state index contributed by atoms with van der Waals surface area (Å²) in [5.41, 5.74) is 3.01. The minimum absolute atomic E-state index is 0.160. The molecule has 7 heteroatoms. The third-order valence-corrected chi connectivity index (χ3v) is 7.41. The van der Waals surface area contributed by atoms with E-state index in [9.17, 15) is 13.2 Å². The Kier molecular flexibility index (Phi) is 7.11. The van der Waals surface area contributed by atoms with Crippen LogP contribution in [0, 0.1) is 6.92 Å². The Morgan fingerprint density at radius 1 is 0.848 bits per heavy atom. The lowest BCUT2D eigenvalue weighted by molar-refractivity contribution is -0.133. The lowest BCUT2D eigenvalue weighted by Crippen LogP contribution is -2.55. The van der Waals surface area contributed by atoms with Gasteiger partial charge in [-0.05, 0) is 43.2 Å². The molecule has 0 bridgehead atoms. The minimum Gasteiger partial charge on any atom is -0.368 e. The molecule has 0 aliphatic carbocycles. The minimum atomic E-state index is -3.84. The summed E-state index contributed by atoms with van der Waals surface area (Å²) in [5, 5.41) is 0. The summed E-state index contributed by atoms with van der Waals surface area (Å²) < 4.78 is 28.8. The van der Waals surface area contributed by atoms with Gasteiger partial charge in [0, 0.05) is 31.9 Å². The predicted octanol–water partition coefficient (Wildman–Crippen LogP) is 3.23. The number of hydrogen-bond donors (Lipinski definition) is 1. The molecule has 1 fully saturated rings. The van der Waals surface area contributed by atoms with Gasteiger partial charge in [-0.1, -0.05) is 66.2 Å². The third kappa shape index (κ3) is 5.80. The van der Waals surface area contributed by atoms with Gasteiger partial charge < -0.3 is 9.80 Å². The van der Waals surface area contributed by atoms with Crippen LogP contribution in [0.15, 0.2) is 89.8 Å². The van der Waals surface area contributed by atoms with Gasteiger partial charge in [0.15, 0.2) is 0 Å². The molecule has 3 aromatic rings. The van der Waals surface area contributed by atoms with Crippen LogP contribution >= 0.6 is 0 Å². The van der Waals surface area contributed by atoms with Crippen LogP contribution in [0.5, 0.6) is 0 Å². The third-order valence-electron chi connectivity index (χ3n) is 5.92. The van der Waals surface area contributed by atoms with Crippen molar-refractivity contribution in [1.82, 2.24) is 9.62 Å². The first-order valence-electron chi connectivity index (χ1n) is 11.1. The molecule has 4 rings (SSSR count). The molecule has 0 unspecified atom stereocenters. The number of piperazine rings is 1. The van der Waals surface area contributed by atoms with Crippen LogP contribution in [0.4, 0.5) is 5.69 Å². The zero-order valence-corrected chi connectivity index (χ0v) is 19.5. The van der Waals surface area contributed by atoms with Crippen molar-refractivity contribution in [3.63, 3.8) is 0 Å². The molecule has 1 atom stereocenters. The van der Waals surface area contributed by atoms with E-state index in [1.54, 1.807) is 29.2 Å². The monoisotopic (exact) mass is 463 g/mol. The summed E-state index contributed by atoms with van der Waals surface area (Å²) in [6.45, 7) is 4.41. The zero-order valence-electron chi connectivity index (χ0n) is 18.7. The Morgan fingerprint density at radius 2 is 1.42 bits per heavy atom. The average Bonchev–Trinajstić information content (AvgIpc) is 2.85. The van der Waals surface area contributed by atoms with Gasteiger partial charge >= 0.3 is 0 Å². The molecule has 1 N–H and O–H groups in total. The summed E-state index contributed by atoms with van der Waals surface area (Å²) in [6, 6.07) is 25.4. The number of para-hydroxylation sites is 1. The van der Waals surface area contributed by atoms with Gasteiger partial charge in [0.25, 0.3) is 0 Å². The van der Waals surface area contributed by atoms with Crippen LogP contribution in [0.2, 0.25) is 0 Å². The van der Waals surface area contributed by atoms with Crippen LogP contribution in [0.3, 0.4) is 0 Å². The standard InChI is InChI=1S/C26H29N3O3S/c1-21-12-14-24(15-13-21)33(31,32)27-25(20-22-8-4-2-5-9-22)26(30)29-18-16-28(17-19-29)23-10-6-3-7-11-23/h2-15,25,27H,16-20H2,1H3/t25-/m0/s1. The number of carbonyl (C=O) groups excluding carboxylic acids is 1. The van der Waals surface area contributed by atoms with Crippen LogP contribution in [0.1, 0.15) is 11.1 Å². The zero-order chi connectivity index (χ0) is 23.3. The van der Waals surface area contributed by atoms with Crippen molar-refractivity contribution in [2.45, 2.75) is 24.3 Å². The van der Waals surface area contributed by atoms with E-state index in [0.717, 1.165) is 16.8 Å². The Morgan fingerprint density at radius 3 is 2.03 bits per heavy atom. The van der Waals surface area contributed by atoms with Crippen molar-refractivity contribution < 1.29 is 13.2 Å². The first-order valence-corrected chi connectivity index (χ1v) is 12.6. The predicted molar refractivity (Wildman–Crippen MR) is 131 cm³/mol. The number of rotatable bonds is 7. The van der Waals surface area contributed by atoms with E-state index in [-0.39, 0.29) is 10.8 Å². The van der Waals surface area contributed by atoms with Crippen molar-refractivity contribution in [3.05, 3.63) is 96.1 Å². The summed E-state index contributed by atoms with van der Waals surface area (Å²) in [5.74, 6) is -0.192. The van der Waals surface area contributed by atoms with E-state index in [1.165, 1.54) is 0 Å². The summed E-state index contributed by atoms with van der Waals surface area (Å²) in [6.07, 6.45) is 0.295. The van der Waals surface area contributed by atoms with Crippen molar-refractivity contribution in [2.75, 3.05) is 31.1 Å². The lowest BCUT2D eigenvalue weighted by Gasteiger charge is -2.37. The smallest absolute Gasteiger partial charge is 0.241 e.